The number of aliphatic hydroxyl groups is 1. The fourth-order valence-corrected chi connectivity index (χ4v) is 5.23. The Bertz CT molecular complexity index is 1660. The Labute approximate surface area is 229 Å². The minimum Gasteiger partial charge on any atom is -0.408 e. The van der Waals surface area contributed by atoms with Gasteiger partial charge in [0.1, 0.15) is 0 Å². The van der Waals surface area contributed by atoms with E-state index in [4.69, 9.17) is 4.42 Å². The lowest BCUT2D eigenvalue weighted by Gasteiger charge is -2.25. The van der Waals surface area contributed by atoms with Crippen molar-refractivity contribution in [3.63, 3.8) is 0 Å². The summed E-state index contributed by atoms with van der Waals surface area (Å²) in [6, 6.07) is 22.6. The van der Waals surface area contributed by atoms with E-state index < -0.39 is 5.76 Å². The molecule has 0 unspecified atom stereocenters. The maximum Gasteiger partial charge on any atom is 0.420 e. The normalized spacial score (nSPS) is 16.4. The quantitative estimate of drug-likeness (QED) is 0.259. The van der Waals surface area contributed by atoms with Crippen molar-refractivity contribution in [3.05, 3.63) is 100 Å². The average Bonchev–Trinajstić information content (AvgIpc) is 3.71. The molecule has 1 amide bonds. The number of H-pyrrole nitrogens is 1. The molecular formula is C29H29N7O4. The van der Waals surface area contributed by atoms with Gasteiger partial charge in [-0.15, -0.1) is 10.2 Å². The van der Waals surface area contributed by atoms with Crippen LogP contribution in [0.2, 0.25) is 0 Å². The number of fused-ring (bicyclic) bond motifs is 1. The van der Waals surface area contributed by atoms with E-state index in [0.717, 1.165) is 35.2 Å². The zero-order chi connectivity index (χ0) is 27.5. The molecule has 0 bridgehead atoms. The molecule has 2 aromatic heterocycles. The Morgan fingerprint density at radius 3 is 2.75 bits per heavy atom. The topological polar surface area (TPSA) is 142 Å². The van der Waals surface area contributed by atoms with Gasteiger partial charge in [-0.3, -0.25) is 14.3 Å². The van der Waals surface area contributed by atoms with E-state index in [9.17, 15) is 14.7 Å². The van der Waals surface area contributed by atoms with Crippen LogP contribution >= 0.6 is 0 Å². The number of β-amino-alcohol motifs (C(OH)–C–C–N with tert-alkyl or cyclic N) is 1. The number of tetrazole rings is 1. The molecule has 0 spiro atoms. The van der Waals surface area contributed by atoms with Crippen molar-refractivity contribution in [2.75, 3.05) is 19.6 Å². The summed E-state index contributed by atoms with van der Waals surface area (Å²) < 4.78 is 7.03. The molecule has 11 heteroatoms. The number of nitrogens with one attached hydrogen (secondary N) is 2. The fourth-order valence-electron chi connectivity index (χ4n) is 5.23. The zero-order valence-electron chi connectivity index (χ0n) is 21.7. The van der Waals surface area contributed by atoms with E-state index in [1.54, 1.807) is 16.7 Å². The summed E-state index contributed by atoms with van der Waals surface area (Å²) in [7, 11) is 0. The van der Waals surface area contributed by atoms with Crippen LogP contribution in [0.5, 0.6) is 0 Å². The van der Waals surface area contributed by atoms with Crippen molar-refractivity contribution in [2.24, 2.45) is 0 Å². The Balaban J connectivity index is 1.20. The number of hydrogen-bond acceptors (Lipinski definition) is 8. The van der Waals surface area contributed by atoms with Gasteiger partial charge in [-0.25, -0.2) is 4.79 Å². The molecule has 0 radical (unpaired) electrons. The Hall–Kier alpha value is -4.61. The highest BCUT2D eigenvalue weighted by Crippen LogP contribution is 2.21. The third kappa shape index (κ3) is 5.70. The minimum absolute atomic E-state index is 0.127. The van der Waals surface area contributed by atoms with Gasteiger partial charge in [0.15, 0.2) is 5.58 Å². The Kier molecular flexibility index (Phi) is 7.21. The molecule has 204 valence electrons. The highest BCUT2D eigenvalue weighted by molar-refractivity contribution is 5.81. The van der Waals surface area contributed by atoms with Crippen LogP contribution in [0.15, 0.2) is 82.0 Å². The molecule has 5 aromatic rings. The number of amides is 1. The first-order valence-corrected chi connectivity index (χ1v) is 13.2. The molecule has 0 saturated carbocycles. The van der Waals surface area contributed by atoms with E-state index in [2.05, 4.69) is 30.8 Å². The molecule has 1 aliphatic rings. The summed E-state index contributed by atoms with van der Waals surface area (Å²) in [4.78, 5) is 28.1. The van der Waals surface area contributed by atoms with Gasteiger partial charge in [0.2, 0.25) is 11.7 Å². The summed E-state index contributed by atoms with van der Waals surface area (Å²) in [6.07, 6.45) is 0.561. The monoisotopic (exact) mass is 539 g/mol. The maximum atomic E-state index is 13.2. The predicted octanol–water partition coefficient (Wildman–Crippen LogP) is 2.29. The highest BCUT2D eigenvalue weighted by Gasteiger charge is 2.25. The van der Waals surface area contributed by atoms with Crippen molar-refractivity contribution in [1.29, 1.82) is 0 Å². The molecule has 1 saturated heterocycles. The number of carbonyl (C=O) groups excluding carboxylic acids is 1. The van der Waals surface area contributed by atoms with E-state index in [1.807, 2.05) is 60.7 Å². The molecule has 1 fully saturated rings. The highest BCUT2D eigenvalue weighted by atomic mass is 16.4. The predicted molar refractivity (Wildman–Crippen MR) is 147 cm³/mol. The third-order valence-corrected chi connectivity index (χ3v) is 7.19. The van der Waals surface area contributed by atoms with Crippen LogP contribution in [-0.2, 0) is 17.8 Å². The number of aromatic nitrogens is 5. The van der Waals surface area contributed by atoms with E-state index >= 15 is 0 Å². The number of nitrogens with zero attached hydrogens (tertiary/aromatic N) is 5. The van der Waals surface area contributed by atoms with Gasteiger partial charge in [0.25, 0.3) is 0 Å². The van der Waals surface area contributed by atoms with E-state index in [0.29, 0.717) is 30.0 Å². The number of benzene rings is 3. The fraction of sp³-hybridized carbons (Fsp3) is 0.276. The molecule has 6 rings (SSSR count). The molecule has 11 nitrogen and oxygen atoms in total. The van der Waals surface area contributed by atoms with Gasteiger partial charge in [-0.05, 0) is 46.5 Å². The summed E-state index contributed by atoms with van der Waals surface area (Å²) in [5.41, 5.74) is 4.50. The second-order valence-corrected chi connectivity index (χ2v) is 10.1. The number of oxazole rings is 1. The first kappa shape index (κ1) is 25.7. The van der Waals surface area contributed by atoms with E-state index in [1.165, 1.54) is 0 Å². The average molecular weight is 540 g/mol. The summed E-state index contributed by atoms with van der Waals surface area (Å²) in [6.45, 7) is 2.31. The second kappa shape index (κ2) is 11.2. The Morgan fingerprint density at radius 2 is 1.98 bits per heavy atom. The molecule has 3 N–H and O–H groups in total. The largest absolute Gasteiger partial charge is 0.420 e. The Morgan fingerprint density at radius 1 is 1.10 bits per heavy atom. The first-order chi connectivity index (χ1) is 19.5. The van der Waals surface area contributed by atoms with Crippen LogP contribution in [0.4, 0.5) is 0 Å². The standard InChI is InChI=1S/C29H29N7O4/c37-23-11-12-35(17-23)18-24(21-6-2-1-3-7-21)30-27(38)15-19-9-10-26-25(14-19)36(29(39)40-26)16-20-5-4-8-22(13-20)28-31-33-34-32-28/h1-10,13-14,23-24,37H,11-12,15-18H2,(H,30,38)(H,31,32,33,34)/t23-,24-/m1/s1. The third-order valence-electron chi connectivity index (χ3n) is 7.19. The number of carbonyl (C=O) groups is 1. The lowest BCUT2D eigenvalue weighted by atomic mass is 10.1. The lowest BCUT2D eigenvalue weighted by molar-refractivity contribution is -0.121. The number of rotatable bonds is 9. The molecule has 3 aromatic carbocycles. The number of aliphatic hydroxyl groups excluding tert-OH is 1. The van der Waals surface area contributed by atoms with Gasteiger partial charge < -0.3 is 14.8 Å². The van der Waals surface area contributed by atoms with Gasteiger partial charge in [-0.2, -0.15) is 5.21 Å². The van der Waals surface area contributed by atoms with Crippen LogP contribution < -0.4 is 11.1 Å². The SMILES string of the molecule is O=C(Cc1ccc2oc(=O)n(Cc3cccc(-c4nn[nH]n4)c3)c2c1)N[C@H](CN1CC[C@@H](O)C1)c1ccccc1. The molecule has 3 heterocycles. The number of likely N-dealkylation sites (tertiary alicyclic amines) is 1. The summed E-state index contributed by atoms with van der Waals surface area (Å²) >= 11 is 0. The molecule has 2 atom stereocenters. The summed E-state index contributed by atoms with van der Waals surface area (Å²) in [5.74, 6) is -0.133. The minimum atomic E-state index is -0.474. The molecule has 40 heavy (non-hydrogen) atoms. The summed E-state index contributed by atoms with van der Waals surface area (Å²) in [5, 5.41) is 27.2. The smallest absolute Gasteiger partial charge is 0.408 e. The van der Waals surface area contributed by atoms with Crippen LogP contribution in [0.3, 0.4) is 0 Å². The van der Waals surface area contributed by atoms with Crippen molar-refractivity contribution in [1.82, 2.24) is 35.4 Å². The molecule has 1 aliphatic heterocycles. The van der Waals surface area contributed by atoms with Gasteiger partial charge >= 0.3 is 5.76 Å². The van der Waals surface area contributed by atoms with Crippen molar-refractivity contribution < 1.29 is 14.3 Å². The lowest BCUT2D eigenvalue weighted by Crippen LogP contribution is -2.38. The molecular weight excluding hydrogens is 510 g/mol. The van der Waals surface area contributed by atoms with Gasteiger partial charge in [0, 0.05) is 25.2 Å². The number of hydrogen-bond donors (Lipinski definition) is 3. The first-order valence-electron chi connectivity index (χ1n) is 13.2. The van der Waals surface area contributed by atoms with Crippen LogP contribution in [0.25, 0.3) is 22.5 Å². The number of aromatic amines is 1. The maximum absolute atomic E-state index is 13.2. The van der Waals surface area contributed by atoms with Crippen LogP contribution in [-0.4, -0.2) is 66.8 Å². The van der Waals surface area contributed by atoms with Crippen molar-refractivity contribution in [2.45, 2.75) is 31.5 Å². The van der Waals surface area contributed by atoms with Crippen molar-refractivity contribution >= 4 is 17.0 Å². The second-order valence-electron chi connectivity index (χ2n) is 10.1. The van der Waals surface area contributed by atoms with Crippen LogP contribution in [0.1, 0.15) is 29.2 Å². The van der Waals surface area contributed by atoms with Gasteiger partial charge in [0.05, 0.1) is 30.6 Å². The molecule has 0 aliphatic carbocycles. The zero-order valence-corrected chi connectivity index (χ0v) is 21.7. The van der Waals surface area contributed by atoms with Crippen molar-refractivity contribution in [3.8, 4) is 11.4 Å². The van der Waals surface area contributed by atoms with E-state index in [-0.39, 0.29) is 31.0 Å². The van der Waals surface area contributed by atoms with Gasteiger partial charge in [-0.1, -0.05) is 54.6 Å². The van der Waals surface area contributed by atoms with Crippen LogP contribution in [0, 0.1) is 0 Å².